The summed E-state index contributed by atoms with van der Waals surface area (Å²) in [6.45, 7) is 0.221. The number of rotatable bonds is 6. The average Bonchev–Trinajstić information content (AvgIpc) is 3.45. The van der Waals surface area contributed by atoms with Crippen LogP contribution in [0.25, 0.3) is 11.1 Å². The molecule has 0 N–H and O–H groups in total. The van der Waals surface area contributed by atoms with Gasteiger partial charge < -0.3 is 9.47 Å². The molecular weight excluding hydrogens is 412 g/mol. The van der Waals surface area contributed by atoms with Gasteiger partial charge in [0.05, 0.1) is 10.3 Å². The lowest BCUT2D eigenvalue weighted by molar-refractivity contribution is -0.120. The Morgan fingerprint density at radius 2 is 1.65 bits per heavy atom. The standard InChI is InChI=1S/C25H22O5S/c1-31(27,28)21-4-2-3-19(14-21)18-7-5-17(6-8-18)13-24(26)25(11-12-25)20-9-10-22-23(15-20)30-16-29-22/h2-10,14-15H,11-13,16H2,1H3. The fraction of sp³-hybridized carbons (Fsp3) is 0.240. The predicted molar refractivity (Wildman–Crippen MR) is 117 cm³/mol. The number of Topliss-reactive ketones (excluding diaryl/α,β-unsaturated/α-hetero) is 1. The van der Waals surface area contributed by atoms with Crippen molar-refractivity contribution in [2.24, 2.45) is 0 Å². The smallest absolute Gasteiger partial charge is 0.231 e. The van der Waals surface area contributed by atoms with E-state index in [1.165, 1.54) is 6.26 Å². The van der Waals surface area contributed by atoms with Gasteiger partial charge in [-0.2, -0.15) is 0 Å². The van der Waals surface area contributed by atoms with Crippen LogP contribution in [-0.4, -0.2) is 27.2 Å². The molecule has 0 saturated heterocycles. The van der Waals surface area contributed by atoms with Crippen LogP contribution >= 0.6 is 0 Å². The van der Waals surface area contributed by atoms with Gasteiger partial charge in [-0.15, -0.1) is 0 Å². The molecule has 5 nitrogen and oxygen atoms in total. The van der Waals surface area contributed by atoms with Crippen LogP contribution in [0, 0.1) is 0 Å². The molecule has 1 saturated carbocycles. The number of benzene rings is 3. The second-order valence-corrected chi connectivity index (χ2v) is 10.3. The number of carbonyl (C=O) groups is 1. The van der Waals surface area contributed by atoms with E-state index in [0.717, 1.165) is 40.8 Å². The molecule has 1 heterocycles. The van der Waals surface area contributed by atoms with Crippen LogP contribution < -0.4 is 9.47 Å². The lowest BCUT2D eigenvalue weighted by Crippen LogP contribution is -2.22. The van der Waals surface area contributed by atoms with Gasteiger partial charge in [0.25, 0.3) is 0 Å². The fourth-order valence-corrected chi connectivity index (χ4v) is 4.79. The zero-order valence-corrected chi connectivity index (χ0v) is 17.9. The number of sulfone groups is 1. The molecular formula is C25H22O5S. The Labute approximate surface area is 181 Å². The third kappa shape index (κ3) is 3.72. The molecule has 0 unspecified atom stereocenters. The van der Waals surface area contributed by atoms with Gasteiger partial charge >= 0.3 is 0 Å². The van der Waals surface area contributed by atoms with Gasteiger partial charge in [-0.3, -0.25) is 4.79 Å². The van der Waals surface area contributed by atoms with Crippen LogP contribution in [0.5, 0.6) is 11.5 Å². The second kappa shape index (κ2) is 7.24. The maximum absolute atomic E-state index is 13.2. The van der Waals surface area contributed by atoms with Gasteiger partial charge in [0, 0.05) is 12.7 Å². The molecule has 1 aliphatic carbocycles. The summed E-state index contributed by atoms with van der Waals surface area (Å²) in [6.07, 6.45) is 3.26. The zero-order chi connectivity index (χ0) is 21.6. The highest BCUT2D eigenvalue weighted by atomic mass is 32.2. The Balaban J connectivity index is 1.34. The van der Waals surface area contributed by atoms with Crippen molar-refractivity contribution in [1.82, 2.24) is 0 Å². The van der Waals surface area contributed by atoms with Crippen molar-refractivity contribution in [3.63, 3.8) is 0 Å². The van der Waals surface area contributed by atoms with E-state index in [1.807, 2.05) is 48.5 Å². The van der Waals surface area contributed by atoms with Gasteiger partial charge in [0.15, 0.2) is 21.3 Å². The van der Waals surface area contributed by atoms with Crippen molar-refractivity contribution in [2.75, 3.05) is 13.0 Å². The molecule has 3 aromatic rings. The average molecular weight is 435 g/mol. The Morgan fingerprint density at radius 3 is 2.35 bits per heavy atom. The second-order valence-electron chi connectivity index (χ2n) is 8.25. The highest BCUT2D eigenvalue weighted by Gasteiger charge is 2.50. The largest absolute Gasteiger partial charge is 0.454 e. The van der Waals surface area contributed by atoms with E-state index in [9.17, 15) is 13.2 Å². The first kappa shape index (κ1) is 19.8. The lowest BCUT2D eigenvalue weighted by atomic mass is 9.87. The molecule has 1 aliphatic heterocycles. The molecule has 3 aromatic carbocycles. The minimum absolute atomic E-state index is 0.207. The molecule has 6 heteroatoms. The SMILES string of the molecule is CS(=O)(=O)c1cccc(-c2ccc(CC(=O)C3(c4ccc5c(c4)OCO5)CC3)cc2)c1. The summed E-state index contributed by atoms with van der Waals surface area (Å²) in [5.74, 6) is 1.64. The van der Waals surface area contributed by atoms with Gasteiger partial charge in [-0.05, 0) is 59.4 Å². The lowest BCUT2D eigenvalue weighted by Gasteiger charge is -2.15. The minimum Gasteiger partial charge on any atom is -0.454 e. The summed E-state index contributed by atoms with van der Waals surface area (Å²) >= 11 is 0. The Kier molecular flexibility index (Phi) is 4.63. The minimum atomic E-state index is -3.26. The molecule has 0 spiro atoms. The molecule has 0 bridgehead atoms. The van der Waals surface area contributed by atoms with Crippen LogP contribution in [0.4, 0.5) is 0 Å². The topological polar surface area (TPSA) is 69.7 Å². The van der Waals surface area contributed by atoms with Crippen LogP contribution in [0.1, 0.15) is 24.0 Å². The maximum atomic E-state index is 13.2. The van der Waals surface area contributed by atoms with Crippen molar-refractivity contribution in [2.45, 2.75) is 29.6 Å². The van der Waals surface area contributed by atoms with Crippen molar-refractivity contribution in [3.8, 4) is 22.6 Å². The van der Waals surface area contributed by atoms with E-state index in [2.05, 4.69) is 0 Å². The van der Waals surface area contributed by atoms with Crippen LogP contribution in [0.15, 0.2) is 71.6 Å². The molecule has 158 valence electrons. The van der Waals surface area contributed by atoms with Crippen molar-refractivity contribution in [3.05, 3.63) is 77.9 Å². The molecule has 2 aliphatic rings. The number of ether oxygens (including phenoxy) is 2. The molecule has 0 amide bonds. The van der Waals surface area contributed by atoms with E-state index >= 15 is 0 Å². The number of fused-ring (bicyclic) bond motifs is 1. The summed E-state index contributed by atoms with van der Waals surface area (Å²) in [7, 11) is -3.26. The summed E-state index contributed by atoms with van der Waals surface area (Å²) in [5, 5.41) is 0. The summed E-state index contributed by atoms with van der Waals surface area (Å²) in [4.78, 5) is 13.5. The van der Waals surface area contributed by atoms with E-state index in [1.54, 1.807) is 18.2 Å². The van der Waals surface area contributed by atoms with Crippen molar-refractivity contribution >= 4 is 15.6 Å². The normalized spacial score (nSPS) is 16.2. The summed E-state index contributed by atoms with van der Waals surface area (Å²) < 4.78 is 34.5. The van der Waals surface area contributed by atoms with Crippen LogP contribution in [0.2, 0.25) is 0 Å². The van der Waals surface area contributed by atoms with E-state index in [4.69, 9.17) is 9.47 Å². The van der Waals surface area contributed by atoms with Gasteiger partial charge in [0.1, 0.15) is 5.78 Å². The molecule has 31 heavy (non-hydrogen) atoms. The number of hydrogen-bond donors (Lipinski definition) is 0. The van der Waals surface area contributed by atoms with Crippen LogP contribution in [0.3, 0.4) is 0 Å². The fourth-order valence-electron chi connectivity index (χ4n) is 4.12. The zero-order valence-electron chi connectivity index (χ0n) is 17.1. The van der Waals surface area contributed by atoms with Gasteiger partial charge in [-0.25, -0.2) is 8.42 Å². The first-order chi connectivity index (χ1) is 14.8. The van der Waals surface area contributed by atoms with Gasteiger partial charge in [0.2, 0.25) is 6.79 Å². The van der Waals surface area contributed by atoms with Crippen LogP contribution in [-0.2, 0) is 26.5 Å². The Bertz CT molecular complexity index is 1270. The summed E-state index contributed by atoms with van der Waals surface area (Å²) in [5.41, 5.74) is 3.26. The number of ketones is 1. The predicted octanol–water partition coefficient (Wildman–Crippen LogP) is 4.33. The van der Waals surface area contributed by atoms with Crippen molar-refractivity contribution in [1.29, 1.82) is 0 Å². The third-order valence-corrected chi connectivity index (χ3v) is 7.23. The highest BCUT2D eigenvalue weighted by molar-refractivity contribution is 7.90. The third-order valence-electron chi connectivity index (χ3n) is 6.12. The molecule has 0 atom stereocenters. The first-order valence-corrected chi connectivity index (χ1v) is 12.1. The van der Waals surface area contributed by atoms with Crippen molar-refractivity contribution < 1.29 is 22.7 Å². The Morgan fingerprint density at radius 1 is 0.903 bits per heavy atom. The molecule has 0 radical (unpaired) electrons. The number of hydrogen-bond acceptors (Lipinski definition) is 5. The van der Waals surface area contributed by atoms with E-state index in [0.29, 0.717) is 17.1 Å². The molecule has 0 aromatic heterocycles. The van der Waals surface area contributed by atoms with E-state index in [-0.39, 0.29) is 12.6 Å². The van der Waals surface area contributed by atoms with E-state index < -0.39 is 15.3 Å². The Hall–Kier alpha value is -3.12. The molecule has 1 fully saturated rings. The summed E-state index contributed by atoms with van der Waals surface area (Å²) in [6, 6.07) is 20.4. The number of carbonyl (C=O) groups excluding carboxylic acids is 1. The first-order valence-electron chi connectivity index (χ1n) is 10.2. The van der Waals surface area contributed by atoms with Gasteiger partial charge in [-0.1, -0.05) is 42.5 Å². The quantitative estimate of drug-likeness (QED) is 0.578. The monoisotopic (exact) mass is 434 g/mol. The maximum Gasteiger partial charge on any atom is 0.231 e. The molecule has 5 rings (SSSR count). The highest BCUT2D eigenvalue weighted by Crippen LogP contribution is 2.51.